The fraction of sp³-hybridized carbons (Fsp3) is 0.884. The van der Waals surface area contributed by atoms with E-state index in [1.54, 1.807) is 6.08 Å². The average Bonchev–Trinajstić information content (AvgIpc) is 3.15. The van der Waals surface area contributed by atoms with Crippen molar-refractivity contribution in [3.8, 4) is 0 Å². The predicted molar refractivity (Wildman–Crippen MR) is 213 cm³/mol. The van der Waals surface area contributed by atoms with Gasteiger partial charge in [-0.25, -0.2) is 0 Å². The van der Waals surface area contributed by atoms with Crippen LogP contribution in [0.25, 0.3) is 0 Å². The first kappa shape index (κ1) is 49.6. The summed E-state index contributed by atoms with van der Waals surface area (Å²) in [4.78, 5) is 13.0. The largest absolute Gasteiger partial charge is 0.394 e. The number of aliphatic hydroxyl groups is 6. The highest BCUT2D eigenvalue weighted by Gasteiger charge is 2.44. The van der Waals surface area contributed by atoms with Crippen LogP contribution in [-0.2, 0) is 14.3 Å². The fourth-order valence-corrected chi connectivity index (χ4v) is 6.83. The normalized spacial score (nSPS) is 22.7. The molecule has 1 heterocycles. The third kappa shape index (κ3) is 24.0. The van der Waals surface area contributed by atoms with Crippen molar-refractivity contribution in [3.63, 3.8) is 0 Å². The molecule has 0 bridgehead atoms. The van der Waals surface area contributed by atoms with Crippen LogP contribution < -0.4 is 5.32 Å². The van der Waals surface area contributed by atoms with Crippen LogP contribution in [0.5, 0.6) is 0 Å². The zero-order chi connectivity index (χ0) is 39.1. The van der Waals surface area contributed by atoms with Crippen LogP contribution in [0.4, 0.5) is 0 Å². The van der Waals surface area contributed by atoms with Crippen molar-refractivity contribution in [3.05, 3.63) is 23.8 Å². The van der Waals surface area contributed by atoms with Gasteiger partial charge in [0.25, 0.3) is 0 Å². The Morgan fingerprint density at radius 1 is 0.717 bits per heavy atom. The van der Waals surface area contributed by atoms with Crippen LogP contribution in [0, 0.1) is 0 Å². The number of carbonyl (C=O) groups excluding carboxylic acids is 1. The monoisotopic (exact) mass is 756 g/mol. The number of amides is 1. The molecule has 0 aromatic carbocycles. The summed E-state index contributed by atoms with van der Waals surface area (Å²) in [5.74, 6) is -0.626. The molecule has 0 spiro atoms. The molecule has 8 atom stereocenters. The van der Waals surface area contributed by atoms with Gasteiger partial charge in [-0.1, -0.05) is 166 Å². The molecular formula is C43H81NO9. The molecule has 7 N–H and O–H groups in total. The molecule has 1 rings (SSSR count). The Bertz CT molecular complexity index is 929. The molecule has 1 aliphatic rings. The average molecular weight is 756 g/mol. The number of hydrogen-bond acceptors (Lipinski definition) is 9. The van der Waals surface area contributed by atoms with Crippen molar-refractivity contribution in [1.82, 2.24) is 5.32 Å². The first-order valence-corrected chi connectivity index (χ1v) is 21.6. The van der Waals surface area contributed by atoms with Crippen molar-refractivity contribution in [2.24, 2.45) is 0 Å². The Labute approximate surface area is 322 Å². The number of carbonyl (C=O) groups is 1. The van der Waals surface area contributed by atoms with Crippen LogP contribution in [0.2, 0.25) is 0 Å². The maximum absolute atomic E-state index is 13.0. The van der Waals surface area contributed by atoms with Crippen molar-refractivity contribution in [2.45, 2.75) is 230 Å². The van der Waals surface area contributed by atoms with Gasteiger partial charge in [0, 0.05) is 0 Å². The van der Waals surface area contributed by atoms with Crippen molar-refractivity contribution >= 4 is 5.91 Å². The lowest BCUT2D eigenvalue weighted by Crippen LogP contribution is -2.60. The molecule has 1 amide bonds. The highest BCUT2D eigenvalue weighted by molar-refractivity contribution is 5.80. The minimum atomic E-state index is -1.61. The molecule has 1 aliphatic heterocycles. The first-order valence-electron chi connectivity index (χ1n) is 21.6. The Kier molecular flexibility index (Phi) is 30.8. The highest BCUT2D eigenvalue weighted by Crippen LogP contribution is 2.23. The summed E-state index contributed by atoms with van der Waals surface area (Å²) in [5, 5.41) is 64.6. The number of allylic oxidation sites excluding steroid dienone is 3. The lowest BCUT2D eigenvalue weighted by Gasteiger charge is -2.40. The van der Waals surface area contributed by atoms with Gasteiger partial charge in [0.2, 0.25) is 5.91 Å². The summed E-state index contributed by atoms with van der Waals surface area (Å²) in [5.41, 5.74) is 1.36. The van der Waals surface area contributed by atoms with Crippen LogP contribution >= 0.6 is 0 Å². The van der Waals surface area contributed by atoms with E-state index in [1.165, 1.54) is 115 Å². The van der Waals surface area contributed by atoms with Crippen LogP contribution in [0.15, 0.2) is 23.8 Å². The van der Waals surface area contributed by atoms with Crippen molar-refractivity contribution in [2.75, 3.05) is 13.2 Å². The number of ether oxygens (including phenoxy) is 2. The zero-order valence-corrected chi connectivity index (χ0v) is 33.9. The summed E-state index contributed by atoms with van der Waals surface area (Å²) in [6.45, 7) is 5.72. The van der Waals surface area contributed by atoms with Gasteiger partial charge in [-0.05, 0) is 39.0 Å². The van der Waals surface area contributed by atoms with Crippen molar-refractivity contribution in [1.29, 1.82) is 0 Å². The van der Waals surface area contributed by atoms with E-state index < -0.39 is 61.5 Å². The predicted octanol–water partition coefficient (Wildman–Crippen LogP) is 7.30. The van der Waals surface area contributed by atoms with Crippen LogP contribution in [0.3, 0.4) is 0 Å². The molecule has 0 radical (unpaired) electrons. The molecule has 312 valence electrons. The summed E-state index contributed by atoms with van der Waals surface area (Å²) in [6, 6.07) is -0.994. The van der Waals surface area contributed by atoms with E-state index in [2.05, 4.69) is 32.2 Å². The first-order chi connectivity index (χ1) is 25.7. The minimum Gasteiger partial charge on any atom is -0.394 e. The van der Waals surface area contributed by atoms with Gasteiger partial charge in [0.15, 0.2) is 6.29 Å². The number of aliphatic hydroxyl groups excluding tert-OH is 6. The molecular weight excluding hydrogens is 674 g/mol. The molecule has 0 saturated carbocycles. The van der Waals surface area contributed by atoms with Gasteiger partial charge in [-0.15, -0.1) is 0 Å². The molecule has 0 aromatic rings. The third-order valence-electron chi connectivity index (χ3n) is 10.5. The Hall–Kier alpha value is -1.37. The number of rotatable bonds is 34. The topological polar surface area (TPSA) is 169 Å². The molecule has 1 saturated heterocycles. The molecule has 1 fully saturated rings. The van der Waals surface area contributed by atoms with Gasteiger partial charge >= 0.3 is 0 Å². The quantitative estimate of drug-likeness (QED) is 0.0263. The Morgan fingerprint density at radius 3 is 1.75 bits per heavy atom. The fourth-order valence-electron chi connectivity index (χ4n) is 6.83. The SMILES string of the molecule is CCCCCCCCCCCCCCCCC(O)C(=O)NC(CO[C@@H]1OC(CO)[C@@H](O)C(O)C1O)C(O)/C=C/CC/C=C(\C)CCCCCCCCC. The second-order valence-corrected chi connectivity index (χ2v) is 15.5. The van der Waals surface area contributed by atoms with Gasteiger partial charge in [0.05, 0.1) is 25.4 Å². The van der Waals surface area contributed by atoms with Crippen LogP contribution in [0.1, 0.15) is 181 Å². The summed E-state index contributed by atoms with van der Waals surface area (Å²) in [6.07, 6.45) is 24.9. The molecule has 0 aliphatic carbocycles. The number of nitrogens with one attached hydrogen (secondary N) is 1. The molecule has 0 aromatic heterocycles. The standard InChI is InChI=1S/C43H81NO9/c1-4-6-8-10-12-13-14-15-16-17-18-20-22-26-31-37(47)42(51)44-35(33-52-43-41(50)40(49)39(48)38(32-45)53-43)36(46)30-27-23-25-29-34(3)28-24-21-19-11-9-7-5-2/h27,29-30,35-41,43,45-50H,4-26,28,31-33H2,1-3H3,(H,44,51)/b30-27+,34-29+/t35?,36?,37?,38?,39-,40?,41?,43-/m1/s1. The van der Waals surface area contributed by atoms with E-state index in [-0.39, 0.29) is 6.61 Å². The molecule has 10 nitrogen and oxygen atoms in total. The molecule has 6 unspecified atom stereocenters. The van der Waals surface area contributed by atoms with Crippen molar-refractivity contribution < 1.29 is 44.9 Å². The number of hydrogen-bond donors (Lipinski definition) is 7. The van der Waals surface area contributed by atoms with E-state index in [0.717, 1.165) is 32.1 Å². The van der Waals surface area contributed by atoms with Gasteiger partial charge < -0.3 is 45.4 Å². The van der Waals surface area contributed by atoms with Gasteiger partial charge in [0.1, 0.15) is 30.5 Å². The van der Waals surface area contributed by atoms with Gasteiger partial charge in [-0.2, -0.15) is 0 Å². The van der Waals surface area contributed by atoms with E-state index in [4.69, 9.17) is 9.47 Å². The van der Waals surface area contributed by atoms with Crippen LogP contribution in [-0.4, -0.2) is 98.7 Å². The Morgan fingerprint density at radius 2 is 1.23 bits per heavy atom. The maximum Gasteiger partial charge on any atom is 0.249 e. The second-order valence-electron chi connectivity index (χ2n) is 15.5. The van der Waals surface area contributed by atoms with E-state index >= 15 is 0 Å². The maximum atomic E-state index is 13.0. The summed E-state index contributed by atoms with van der Waals surface area (Å²) >= 11 is 0. The highest BCUT2D eigenvalue weighted by atomic mass is 16.7. The second kappa shape index (κ2) is 32.8. The zero-order valence-electron chi connectivity index (χ0n) is 33.9. The Balaban J connectivity index is 2.54. The molecule has 53 heavy (non-hydrogen) atoms. The summed E-state index contributed by atoms with van der Waals surface area (Å²) in [7, 11) is 0. The summed E-state index contributed by atoms with van der Waals surface area (Å²) < 4.78 is 11.1. The van der Waals surface area contributed by atoms with E-state index in [0.29, 0.717) is 19.3 Å². The lowest BCUT2D eigenvalue weighted by atomic mass is 9.99. The number of unbranched alkanes of at least 4 members (excludes halogenated alkanes) is 20. The van der Waals surface area contributed by atoms with E-state index in [1.807, 2.05) is 6.08 Å². The minimum absolute atomic E-state index is 0.306. The molecule has 10 heteroatoms. The lowest BCUT2D eigenvalue weighted by molar-refractivity contribution is -0.302. The third-order valence-corrected chi connectivity index (χ3v) is 10.5. The smallest absolute Gasteiger partial charge is 0.249 e. The van der Waals surface area contributed by atoms with E-state index in [9.17, 15) is 35.4 Å². The van der Waals surface area contributed by atoms with Gasteiger partial charge in [-0.3, -0.25) is 4.79 Å².